The minimum Gasteiger partial charge on any atom is -0.348 e. The lowest BCUT2D eigenvalue weighted by atomic mass is 9.95. The molecule has 2 aliphatic rings. The van der Waals surface area contributed by atoms with Gasteiger partial charge in [0.15, 0.2) is 5.69 Å². The van der Waals surface area contributed by atoms with Gasteiger partial charge in [0.1, 0.15) is 0 Å². The van der Waals surface area contributed by atoms with Gasteiger partial charge < -0.3 is 5.32 Å². The predicted octanol–water partition coefficient (Wildman–Crippen LogP) is 3.40. The molecule has 1 aliphatic heterocycles. The Bertz CT molecular complexity index is 851. The highest BCUT2D eigenvalue weighted by molar-refractivity contribution is 5.93. The van der Waals surface area contributed by atoms with Crippen LogP contribution >= 0.6 is 0 Å². The van der Waals surface area contributed by atoms with E-state index in [1.807, 2.05) is 11.6 Å². The normalized spacial score (nSPS) is 18.3. The first-order chi connectivity index (χ1) is 13.5. The summed E-state index contributed by atoms with van der Waals surface area (Å²) < 4.78 is 1.85. The van der Waals surface area contributed by atoms with Gasteiger partial charge in [-0.25, -0.2) is 4.68 Å². The van der Waals surface area contributed by atoms with Gasteiger partial charge in [0.05, 0.1) is 11.4 Å². The number of nitrogens with one attached hydrogen (secondary N) is 1. The first-order valence-electron chi connectivity index (χ1n) is 10.6. The van der Waals surface area contributed by atoms with Gasteiger partial charge in [0, 0.05) is 25.2 Å². The maximum absolute atomic E-state index is 12.8. The third-order valence-corrected chi connectivity index (χ3v) is 6.28. The summed E-state index contributed by atoms with van der Waals surface area (Å²) in [7, 11) is 0. The van der Waals surface area contributed by atoms with Crippen LogP contribution in [0.2, 0.25) is 0 Å². The van der Waals surface area contributed by atoms with Crippen LogP contribution in [0.3, 0.4) is 0 Å². The van der Waals surface area contributed by atoms with Crippen molar-refractivity contribution in [2.24, 2.45) is 0 Å². The fourth-order valence-electron chi connectivity index (χ4n) is 4.52. The number of carbonyl (C=O) groups excluding carboxylic acids is 1. The van der Waals surface area contributed by atoms with E-state index in [4.69, 9.17) is 0 Å². The van der Waals surface area contributed by atoms with Crippen LogP contribution in [0.4, 0.5) is 0 Å². The van der Waals surface area contributed by atoms with Crippen LogP contribution in [-0.2, 0) is 13.0 Å². The van der Waals surface area contributed by atoms with Gasteiger partial charge in [0.25, 0.3) is 5.91 Å². The van der Waals surface area contributed by atoms with E-state index in [9.17, 15) is 4.79 Å². The molecule has 6 heteroatoms. The molecule has 1 aromatic carbocycles. The van der Waals surface area contributed by atoms with E-state index >= 15 is 0 Å². The maximum atomic E-state index is 12.8. The molecule has 1 N–H and O–H groups in total. The van der Waals surface area contributed by atoms with Crippen LogP contribution in [-0.4, -0.2) is 44.4 Å². The van der Waals surface area contributed by atoms with Crippen LogP contribution in [0.15, 0.2) is 18.2 Å². The molecule has 1 aliphatic carbocycles. The average Bonchev–Trinajstić information content (AvgIpc) is 3.09. The zero-order chi connectivity index (χ0) is 19.7. The highest BCUT2D eigenvalue weighted by Crippen LogP contribution is 2.27. The molecular formula is C22H31N5O. The van der Waals surface area contributed by atoms with E-state index in [0.29, 0.717) is 11.7 Å². The second kappa shape index (κ2) is 8.03. The summed E-state index contributed by atoms with van der Waals surface area (Å²) in [5, 5.41) is 11.8. The van der Waals surface area contributed by atoms with Crippen molar-refractivity contribution in [1.82, 2.24) is 25.2 Å². The molecule has 0 saturated heterocycles. The smallest absolute Gasteiger partial charge is 0.273 e. The number of rotatable bonds is 4. The molecule has 0 unspecified atom stereocenters. The Kier molecular flexibility index (Phi) is 5.49. The Labute approximate surface area is 167 Å². The molecule has 0 bridgehead atoms. The fourth-order valence-corrected chi connectivity index (χ4v) is 4.52. The van der Waals surface area contributed by atoms with Gasteiger partial charge in [0.2, 0.25) is 0 Å². The summed E-state index contributed by atoms with van der Waals surface area (Å²) in [5.74, 6) is -0.0913. The Morgan fingerprint density at radius 1 is 1.21 bits per heavy atom. The molecule has 1 saturated carbocycles. The molecule has 0 spiro atoms. The van der Waals surface area contributed by atoms with Crippen molar-refractivity contribution in [2.45, 2.75) is 77.9 Å². The Morgan fingerprint density at radius 3 is 2.75 bits per heavy atom. The Balaban J connectivity index is 1.58. The van der Waals surface area contributed by atoms with Crippen LogP contribution in [0, 0.1) is 6.92 Å². The minimum atomic E-state index is -0.0913. The zero-order valence-electron chi connectivity index (χ0n) is 17.2. The van der Waals surface area contributed by atoms with E-state index in [-0.39, 0.29) is 11.9 Å². The molecule has 2 aromatic rings. The molecule has 1 aromatic heterocycles. The van der Waals surface area contributed by atoms with Crippen molar-refractivity contribution >= 4 is 5.91 Å². The SMILES string of the molecule is Cc1c(C(=O)NC2CCCCC2)nnn1-c1cccc2c1CCN(C(C)C)C2. The molecule has 150 valence electrons. The largest absolute Gasteiger partial charge is 0.348 e. The lowest BCUT2D eigenvalue weighted by Crippen LogP contribution is -2.36. The average molecular weight is 382 g/mol. The lowest BCUT2D eigenvalue weighted by Gasteiger charge is -2.32. The van der Waals surface area contributed by atoms with Crippen molar-refractivity contribution in [1.29, 1.82) is 0 Å². The van der Waals surface area contributed by atoms with Gasteiger partial charge in [-0.1, -0.05) is 36.6 Å². The maximum Gasteiger partial charge on any atom is 0.273 e. The number of carbonyl (C=O) groups is 1. The third kappa shape index (κ3) is 3.70. The topological polar surface area (TPSA) is 63.1 Å². The van der Waals surface area contributed by atoms with Gasteiger partial charge in [-0.3, -0.25) is 9.69 Å². The van der Waals surface area contributed by atoms with Gasteiger partial charge in [-0.2, -0.15) is 0 Å². The first-order valence-corrected chi connectivity index (χ1v) is 10.6. The predicted molar refractivity (Wildman–Crippen MR) is 110 cm³/mol. The molecule has 1 fully saturated rings. The van der Waals surface area contributed by atoms with E-state index in [0.717, 1.165) is 43.7 Å². The van der Waals surface area contributed by atoms with Gasteiger partial charge in [-0.05, 0) is 57.2 Å². The highest BCUT2D eigenvalue weighted by atomic mass is 16.2. The number of nitrogens with zero attached hydrogens (tertiary/aromatic N) is 4. The van der Waals surface area contributed by atoms with Crippen molar-refractivity contribution in [2.75, 3.05) is 6.54 Å². The van der Waals surface area contributed by atoms with Crippen molar-refractivity contribution in [3.63, 3.8) is 0 Å². The number of amides is 1. The Hall–Kier alpha value is -2.21. The van der Waals surface area contributed by atoms with Crippen molar-refractivity contribution in [3.8, 4) is 5.69 Å². The molecular weight excluding hydrogens is 350 g/mol. The van der Waals surface area contributed by atoms with E-state index in [1.54, 1.807) is 0 Å². The van der Waals surface area contributed by atoms with E-state index in [1.165, 1.54) is 30.4 Å². The standard InChI is InChI=1S/C22H31N5O/c1-15(2)26-13-12-19-17(14-26)8-7-11-20(19)27-16(3)21(24-25-27)22(28)23-18-9-5-4-6-10-18/h7-8,11,15,18H,4-6,9-10,12-14H2,1-3H3,(H,23,28). The zero-order valence-corrected chi connectivity index (χ0v) is 17.2. The monoisotopic (exact) mass is 381 g/mol. The highest BCUT2D eigenvalue weighted by Gasteiger charge is 2.25. The van der Waals surface area contributed by atoms with Gasteiger partial charge >= 0.3 is 0 Å². The quantitative estimate of drug-likeness (QED) is 0.882. The molecule has 1 amide bonds. The van der Waals surface area contributed by atoms with E-state index in [2.05, 4.69) is 52.6 Å². The number of hydrogen-bond donors (Lipinski definition) is 1. The fraction of sp³-hybridized carbons (Fsp3) is 0.591. The van der Waals surface area contributed by atoms with Crippen LogP contribution in [0.25, 0.3) is 5.69 Å². The van der Waals surface area contributed by atoms with Crippen molar-refractivity contribution in [3.05, 3.63) is 40.7 Å². The summed E-state index contributed by atoms with van der Waals surface area (Å²) in [5.41, 5.74) is 4.99. The first kappa shape index (κ1) is 19.1. The van der Waals surface area contributed by atoms with Gasteiger partial charge in [-0.15, -0.1) is 5.10 Å². The number of benzene rings is 1. The lowest BCUT2D eigenvalue weighted by molar-refractivity contribution is 0.0922. The number of hydrogen-bond acceptors (Lipinski definition) is 4. The molecule has 0 radical (unpaired) electrons. The number of aromatic nitrogens is 3. The van der Waals surface area contributed by atoms with E-state index < -0.39 is 0 Å². The molecule has 4 rings (SSSR count). The van der Waals surface area contributed by atoms with Crippen LogP contribution in [0.1, 0.15) is 73.3 Å². The van der Waals surface area contributed by atoms with Crippen LogP contribution in [0.5, 0.6) is 0 Å². The second-order valence-corrected chi connectivity index (χ2v) is 8.47. The van der Waals surface area contributed by atoms with Crippen molar-refractivity contribution < 1.29 is 4.79 Å². The Morgan fingerprint density at radius 2 is 2.00 bits per heavy atom. The molecule has 6 nitrogen and oxygen atoms in total. The van der Waals surface area contributed by atoms with Crippen LogP contribution < -0.4 is 5.32 Å². The number of fused-ring (bicyclic) bond motifs is 1. The molecule has 0 atom stereocenters. The molecule has 28 heavy (non-hydrogen) atoms. The summed E-state index contributed by atoms with van der Waals surface area (Å²) >= 11 is 0. The minimum absolute atomic E-state index is 0.0913. The molecule has 2 heterocycles. The third-order valence-electron chi connectivity index (χ3n) is 6.28. The summed E-state index contributed by atoms with van der Waals surface area (Å²) in [6.07, 6.45) is 6.79. The second-order valence-electron chi connectivity index (χ2n) is 8.47. The summed E-state index contributed by atoms with van der Waals surface area (Å²) in [6.45, 7) is 8.44. The summed E-state index contributed by atoms with van der Waals surface area (Å²) in [6, 6.07) is 7.20. The summed E-state index contributed by atoms with van der Waals surface area (Å²) in [4.78, 5) is 15.2.